The van der Waals surface area contributed by atoms with Gasteiger partial charge in [0.05, 0.1) is 0 Å². The van der Waals surface area contributed by atoms with Crippen molar-refractivity contribution in [1.29, 1.82) is 0 Å². The molecule has 12 heavy (non-hydrogen) atoms. The molecule has 0 aromatic carbocycles. The van der Waals surface area contributed by atoms with Crippen molar-refractivity contribution in [3.05, 3.63) is 11.6 Å². The van der Waals surface area contributed by atoms with Gasteiger partial charge in [0.15, 0.2) is 0 Å². The molecule has 0 aromatic rings. The van der Waals surface area contributed by atoms with E-state index in [0.29, 0.717) is 0 Å². The molecule has 0 aliphatic carbocycles. The molecule has 0 radical (unpaired) electrons. The fourth-order valence-corrected chi connectivity index (χ4v) is 1.39. The molecule has 66 valence electrons. The van der Waals surface area contributed by atoms with E-state index in [1.165, 1.54) is 18.0 Å². The Hall–Kier alpha value is -1.21. The Kier molecular flexibility index (Phi) is 2.56. The third kappa shape index (κ3) is 1.51. The lowest BCUT2D eigenvalue weighted by molar-refractivity contribution is -0.130. The first-order valence-corrected chi connectivity index (χ1v) is 3.92. The van der Waals surface area contributed by atoms with E-state index in [4.69, 9.17) is 16.0 Å². The van der Waals surface area contributed by atoms with Crippen molar-refractivity contribution in [2.75, 3.05) is 0 Å². The number of aliphatic carboxylic acids is 1. The van der Waals surface area contributed by atoms with E-state index < -0.39 is 17.3 Å². The van der Waals surface area contributed by atoms with Gasteiger partial charge in [-0.1, -0.05) is 16.9 Å². The summed E-state index contributed by atoms with van der Waals surface area (Å²) in [6.45, 7) is 0. The molecule has 0 saturated heterocycles. The smallest absolute Gasteiger partial charge is 0.375 e. The molecule has 0 aromatic heterocycles. The molecule has 4 N–H and O–H groups in total. The molecule has 0 spiro atoms. The predicted octanol–water partition coefficient (Wildman–Crippen LogP) is -0.379. The van der Waals surface area contributed by atoms with Gasteiger partial charge in [-0.3, -0.25) is 4.90 Å². The third-order valence-corrected chi connectivity index (χ3v) is 2.03. The molecule has 0 fully saturated rings. The first-order chi connectivity index (χ1) is 5.66. The Morgan fingerprint density at radius 1 is 1.75 bits per heavy atom. The molecular weight excluding hydrogens is 182 g/mol. The third-order valence-electron chi connectivity index (χ3n) is 1.24. The maximum absolute atomic E-state index is 10.4. The van der Waals surface area contributed by atoms with Crippen LogP contribution in [0.2, 0.25) is 0 Å². The minimum Gasteiger partial charge on any atom is -0.475 e. The summed E-state index contributed by atoms with van der Waals surface area (Å²) in [7, 11) is 0. The highest BCUT2D eigenvalue weighted by molar-refractivity contribution is 8.02. The van der Waals surface area contributed by atoms with E-state index in [9.17, 15) is 4.79 Å². The number of hydrogen-bond acceptors (Lipinski definition) is 5. The standard InChI is InChI=1S/C5H7N3O3S/c6-5-8(1-2-12-5)3(7-11)4(9)10/h1-2,5,11H,6H2,(H,9,10). The van der Waals surface area contributed by atoms with Crippen LogP contribution in [0.15, 0.2) is 16.8 Å². The normalized spacial score (nSPS) is 23.2. The van der Waals surface area contributed by atoms with E-state index in [2.05, 4.69) is 5.16 Å². The molecule has 7 heteroatoms. The summed E-state index contributed by atoms with van der Waals surface area (Å²) in [6.07, 6.45) is 1.44. The van der Waals surface area contributed by atoms with Gasteiger partial charge in [-0.25, -0.2) is 4.79 Å². The molecule has 0 bridgehead atoms. The van der Waals surface area contributed by atoms with Gasteiger partial charge in [0.25, 0.3) is 5.84 Å². The molecule has 1 heterocycles. The highest BCUT2D eigenvalue weighted by atomic mass is 32.2. The summed E-state index contributed by atoms with van der Waals surface area (Å²) in [6, 6.07) is 0. The van der Waals surface area contributed by atoms with Crippen molar-refractivity contribution in [2.24, 2.45) is 10.9 Å². The Balaban J connectivity index is 2.80. The number of amidine groups is 1. The van der Waals surface area contributed by atoms with Gasteiger partial charge in [0.1, 0.15) is 5.50 Å². The van der Waals surface area contributed by atoms with E-state index in [-0.39, 0.29) is 0 Å². The van der Waals surface area contributed by atoms with Crippen LogP contribution in [-0.4, -0.2) is 32.5 Å². The van der Waals surface area contributed by atoms with Crippen molar-refractivity contribution in [1.82, 2.24) is 4.90 Å². The summed E-state index contributed by atoms with van der Waals surface area (Å²) >= 11 is 1.23. The van der Waals surface area contributed by atoms with Crippen LogP contribution in [0.5, 0.6) is 0 Å². The van der Waals surface area contributed by atoms with Crippen molar-refractivity contribution in [3.63, 3.8) is 0 Å². The maximum Gasteiger partial charge on any atom is 0.375 e. The average molecular weight is 189 g/mol. The molecular formula is C5H7N3O3S. The zero-order chi connectivity index (χ0) is 9.14. The first kappa shape index (κ1) is 8.88. The highest BCUT2D eigenvalue weighted by Gasteiger charge is 2.25. The SMILES string of the molecule is NC1SC=CN1C(=NO)C(=O)O. The van der Waals surface area contributed by atoms with Crippen LogP contribution in [0.4, 0.5) is 0 Å². The fraction of sp³-hybridized carbons (Fsp3) is 0.200. The predicted molar refractivity (Wildman–Crippen MR) is 43.4 cm³/mol. The van der Waals surface area contributed by atoms with Gasteiger partial charge >= 0.3 is 5.97 Å². The fourth-order valence-electron chi connectivity index (χ4n) is 0.728. The Labute approximate surface area is 72.3 Å². The van der Waals surface area contributed by atoms with Gasteiger partial charge in [0, 0.05) is 6.20 Å². The van der Waals surface area contributed by atoms with Crippen LogP contribution in [0.25, 0.3) is 0 Å². The topological polar surface area (TPSA) is 99.1 Å². The minimum atomic E-state index is -1.32. The largest absolute Gasteiger partial charge is 0.475 e. The van der Waals surface area contributed by atoms with E-state index in [1.807, 2.05) is 0 Å². The molecule has 0 amide bonds. The number of rotatable bonds is 0. The second kappa shape index (κ2) is 3.46. The lowest BCUT2D eigenvalue weighted by Gasteiger charge is -2.18. The number of hydrogen-bond donors (Lipinski definition) is 3. The molecule has 1 atom stereocenters. The van der Waals surface area contributed by atoms with Crippen LogP contribution in [0.3, 0.4) is 0 Å². The van der Waals surface area contributed by atoms with Gasteiger partial charge in [0.2, 0.25) is 0 Å². The van der Waals surface area contributed by atoms with Crippen LogP contribution in [0.1, 0.15) is 0 Å². The summed E-state index contributed by atoms with van der Waals surface area (Å²) in [5.74, 6) is -1.80. The van der Waals surface area contributed by atoms with Gasteiger partial charge in [-0.2, -0.15) is 0 Å². The average Bonchev–Trinajstić information content (AvgIpc) is 2.38. The van der Waals surface area contributed by atoms with E-state index in [0.717, 1.165) is 4.90 Å². The molecule has 1 unspecified atom stereocenters. The molecule has 1 aliphatic rings. The van der Waals surface area contributed by atoms with Gasteiger partial charge in [-0.05, 0) is 5.41 Å². The van der Waals surface area contributed by atoms with Crippen LogP contribution in [0, 0.1) is 0 Å². The summed E-state index contributed by atoms with van der Waals surface area (Å²) in [5.41, 5.74) is 4.93. The Morgan fingerprint density at radius 2 is 2.42 bits per heavy atom. The zero-order valence-electron chi connectivity index (χ0n) is 5.91. The van der Waals surface area contributed by atoms with Gasteiger partial charge < -0.3 is 16.0 Å². The minimum absolute atomic E-state index is 0.483. The number of nitrogens with two attached hydrogens (primary N) is 1. The Morgan fingerprint density at radius 3 is 2.75 bits per heavy atom. The monoisotopic (exact) mass is 189 g/mol. The Bertz CT molecular complexity index is 252. The number of carboxylic acids is 1. The quantitative estimate of drug-likeness (QED) is 0.208. The zero-order valence-corrected chi connectivity index (χ0v) is 6.73. The number of carboxylic acid groups (broad SMARTS) is 1. The van der Waals surface area contributed by atoms with Crippen molar-refractivity contribution < 1.29 is 15.1 Å². The van der Waals surface area contributed by atoms with Crippen LogP contribution in [-0.2, 0) is 4.79 Å². The first-order valence-electron chi connectivity index (χ1n) is 2.98. The number of thioether (sulfide) groups is 1. The lowest BCUT2D eigenvalue weighted by Crippen LogP contribution is -2.41. The summed E-state index contributed by atoms with van der Waals surface area (Å²) in [4.78, 5) is 11.6. The molecule has 1 aliphatic heterocycles. The molecule has 6 nitrogen and oxygen atoms in total. The van der Waals surface area contributed by atoms with E-state index >= 15 is 0 Å². The van der Waals surface area contributed by atoms with Crippen molar-refractivity contribution in [2.45, 2.75) is 5.50 Å². The van der Waals surface area contributed by atoms with E-state index in [1.54, 1.807) is 5.41 Å². The molecule has 1 rings (SSSR count). The lowest BCUT2D eigenvalue weighted by atomic mass is 10.5. The van der Waals surface area contributed by atoms with Crippen molar-refractivity contribution in [3.8, 4) is 0 Å². The second-order valence-corrected chi connectivity index (χ2v) is 2.98. The number of nitrogens with zero attached hydrogens (tertiary/aromatic N) is 2. The highest BCUT2D eigenvalue weighted by Crippen LogP contribution is 2.20. The van der Waals surface area contributed by atoms with Crippen LogP contribution >= 0.6 is 11.8 Å². The summed E-state index contributed by atoms with van der Waals surface area (Å²) < 4.78 is 0. The number of carbonyl (C=O) groups is 1. The second-order valence-electron chi connectivity index (χ2n) is 1.95. The maximum atomic E-state index is 10.4. The van der Waals surface area contributed by atoms with Gasteiger partial charge in [-0.15, -0.1) is 0 Å². The molecule has 0 saturated carbocycles. The van der Waals surface area contributed by atoms with Crippen LogP contribution < -0.4 is 5.73 Å². The van der Waals surface area contributed by atoms with Crippen molar-refractivity contribution >= 4 is 23.6 Å². The number of oxime groups is 1. The summed E-state index contributed by atoms with van der Waals surface area (Å²) in [5, 5.41) is 21.1.